The van der Waals surface area contributed by atoms with Crippen LogP contribution >= 0.6 is 23.2 Å². The molecule has 5 rings (SSSR count). The van der Waals surface area contributed by atoms with Crippen molar-refractivity contribution < 1.29 is 14.3 Å². The SMILES string of the molecule is CN(C)C(=O)c1ccc(-c2ccc(N3CC4CCC3CN4C(=O)OC(C)(C)C)c(Cl)c2)cc1Cl. The fourth-order valence-corrected chi connectivity index (χ4v) is 5.25. The van der Waals surface area contributed by atoms with Crippen molar-refractivity contribution in [3.05, 3.63) is 52.0 Å². The van der Waals surface area contributed by atoms with Crippen LogP contribution in [-0.2, 0) is 4.74 Å². The van der Waals surface area contributed by atoms with Crippen molar-refractivity contribution in [2.45, 2.75) is 51.3 Å². The first-order valence-electron chi connectivity index (χ1n) is 11.5. The zero-order chi connectivity index (χ0) is 24.8. The lowest BCUT2D eigenvalue weighted by atomic mass is 9.90. The van der Waals surface area contributed by atoms with Crippen molar-refractivity contribution in [2.75, 3.05) is 32.1 Å². The maximum absolute atomic E-state index is 12.7. The van der Waals surface area contributed by atoms with Crippen LogP contribution in [0, 0.1) is 0 Å². The predicted octanol–water partition coefficient (Wildman–Crippen LogP) is 5.95. The second-order valence-corrected chi connectivity index (χ2v) is 11.0. The highest BCUT2D eigenvalue weighted by Crippen LogP contribution is 2.39. The van der Waals surface area contributed by atoms with E-state index in [9.17, 15) is 9.59 Å². The van der Waals surface area contributed by atoms with E-state index in [2.05, 4.69) is 4.90 Å². The Morgan fingerprint density at radius 1 is 0.941 bits per heavy atom. The number of benzene rings is 2. The minimum Gasteiger partial charge on any atom is -0.444 e. The van der Waals surface area contributed by atoms with Gasteiger partial charge in [0.15, 0.2) is 0 Å². The normalized spacial score (nSPS) is 19.9. The molecule has 8 heteroatoms. The van der Waals surface area contributed by atoms with Crippen molar-refractivity contribution in [1.29, 1.82) is 0 Å². The third-order valence-corrected chi connectivity index (χ3v) is 6.97. The molecule has 0 aliphatic carbocycles. The van der Waals surface area contributed by atoms with Crippen LogP contribution in [0.3, 0.4) is 0 Å². The second kappa shape index (κ2) is 9.31. The number of halogens is 2. The summed E-state index contributed by atoms with van der Waals surface area (Å²) in [7, 11) is 3.40. The van der Waals surface area contributed by atoms with Gasteiger partial charge in [-0.25, -0.2) is 4.79 Å². The molecule has 2 aromatic carbocycles. The zero-order valence-corrected chi connectivity index (χ0v) is 21.8. The third kappa shape index (κ3) is 4.98. The summed E-state index contributed by atoms with van der Waals surface area (Å²) in [6.45, 7) is 7.04. The van der Waals surface area contributed by atoms with Crippen LogP contribution in [-0.4, -0.2) is 66.7 Å². The maximum atomic E-state index is 12.7. The fourth-order valence-electron chi connectivity index (χ4n) is 4.70. The van der Waals surface area contributed by atoms with Gasteiger partial charge in [-0.2, -0.15) is 0 Å². The smallest absolute Gasteiger partial charge is 0.410 e. The average molecular weight is 504 g/mol. The quantitative estimate of drug-likeness (QED) is 0.519. The van der Waals surface area contributed by atoms with Crippen LogP contribution in [0.4, 0.5) is 10.5 Å². The first-order valence-corrected chi connectivity index (χ1v) is 12.3. The Balaban J connectivity index is 1.52. The Bertz CT molecular complexity index is 1110. The monoisotopic (exact) mass is 503 g/mol. The molecule has 2 unspecified atom stereocenters. The second-order valence-electron chi connectivity index (χ2n) is 10.2. The van der Waals surface area contributed by atoms with Gasteiger partial charge in [0.25, 0.3) is 5.91 Å². The molecule has 2 bridgehead atoms. The highest BCUT2D eigenvalue weighted by molar-refractivity contribution is 6.34. The van der Waals surface area contributed by atoms with Crippen molar-refractivity contribution >= 4 is 40.9 Å². The predicted molar refractivity (Wildman–Crippen MR) is 137 cm³/mol. The molecule has 0 radical (unpaired) electrons. The van der Waals surface area contributed by atoms with Gasteiger partial charge in [-0.1, -0.05) is 35.3 Å². The number of amides is 2. The van der Waals surface area contributed by atoms with Crippen LogP contribution in [0.5, 0.6) is 0 Å². The van der Waals surface area contributed by atoms with E-state index in [0.29, 0.717) is 22.2 Å². The number of rotatable bonds is 3. The van der Waals surface area contributed by atoms with Crippen molar-refractivity contribution in [1.82, 2.24) is 9.80 Å². The van der Waals surface area contributed by atoms with E-state index in [4.69, 9.17) is 27.9 Å². The molecule has 0 saturated carbocycles. The molecule has 0 N–H and O–H groups in total. The standard InChI is InChI=1S/C26H31Cl2N3O3/c1-26(2,3)34-25(33)31-15-18-8-9-19(31)14-30(18)23-11-7-17(13-22(23)28)16-6-10-20(21(27)12-16)24(32)29(4)5/h6-7,10-13,18-19H,8-9,14-15H2,1-5H3. The molecule has 2 aromatic rings. The summed E-state index contributed by atoms with van der Waals surface area (Å²) < 4.78 is 5.61. The summed E-state index contributed by atoms with van der Waals surface area (Å²) in [5.41, 5.74) is 2.75. The molecule has 0 aromatic heterocycles. The average Bonchev–Trinajstić information content (AvgIpc) is 2.77. The third-order valence-electron chi connectivity index (χ3n) is 6.35. The first-order chi connectivity index (χ1) is 15.9. The Morgan fingerprint density at radius 3 is 2.09 bits per heavy atom. The number of hydrogen-bond donors (Lipinski definition) is 0. The van der Waals surface area contributed by atoms with Crippen molar-refractivity contribution in [3.63, 3.8) is 0 Å². The van der Waals surface area contributed by atoms with E-state index < -0.39 is 5.60 Å². The molecule has 3 aliphatic heterocycles. The summed E-state index contributed by atoms with van der Waals surface area (Å²) in [6.07, 6.45) is 1.74. The van der Waals surface area contributed by atoms with E-state index in [0.717, 1.165) is 36.2 Å². The Hall–Kier alpha value is -2.44. The maximum Gasteiger partial charge on any atom is 0.410 e. The molecule has 6 nitrogen and oxygen atoms in total. The Labute approximate surface area is 211 Å². The van der Waals surface area contributed by atoms with Gasteiger partial charge < -0.3 is 19.4 Å². The largest absolute Gasteiger partial charge is 0.444 e. The summed E-state index contributed by atoms with van der Waals surface area (Å²) in [5, 5.41) is 1.06. The number of piperazine rings is 1. The topological polar surface area (TPSA) is 53.1 Å². The Kier molecular flexibility index (Phi) is 6.76. The van der Waals surface area contributed by atoms with Crippen molar-refractivity contribution in [3.8, 4) is 11.1 Å². The molecule has 3 heterocycles. The molecule has 2 atom stereocenters. The molecule has 3 saturated heterocycles. The lowest BCUT2D eigenvalue weighted by Crippen LogP contribution is -2.64. The lowest BCUT2D eigenvalue weighted by molar-refractivity contribution is 0.000883. The lowest BCUT2D eigenvalue weighted by Gasteiger charge is -2.52. The molecular formula is C26H31Cl2N3O3. The van der Waals surface area contributed by atoms with Crippen LogP contribution in [0.2, 0.25) is 10.0 Å². The van der Waals surface area contributed by atoms with Gasteiger partial charge in [-0.15, -0.1) is 0 Å². The van der Waals surface area contributed by atoms with Gasteiger partial charge in [0.05, 0.1) is 27.3 Å². The number of piperidine rings is 2. The van der Waals surface area contributed by atoms with Crippen LogP contribution < -0.4 is 4.90 Å². The minimum absolute atomic E-state index is 0.108. The molecule has 0 spiro atoms. The molecule has 3 fully saturated rings. The molecule has 34 heavy (non-hydrogen) atoms. The van der Waals surface area contributed by atoms with Crippen molar-refractivity contribution in [2.24, 2.45) is 0 Å². The van der Waals surface area contributed by atoms with E-state index in [1.54, 1.807) is 26.2 Å². The first kappa shape index (κ1) is 24.7. The van der Waals surface area contributed by atoms with E-state index in [-0.39, 0.29) is 24.1 Å². The molecule has 182 valence electrons. The number of anilines is 1. The van der Waals surface area contributed by atoms with E-state index in [1.165, 1.54) is 4.90 Å². The van der Waals surface area contributed by atoms with Crippen LogP contribution in [0.25, 0.3) is 11.1 Å². The van der Waals surface area contributed by atoms with Gasteiger partial charge in [-0.05, 0) is 69.0 Å². The molecule has 2 amide bonds. The van der Waals surface area contributed by atoms with Gasteiger partial charge in [0.1, 0.15) is 5.60 Å². The number of ether oxygens (including phenoxy) is 1. The fraction of sp³-hybridized carbons (Fsp3) is 0.462. The molecule has 3 aliphatic rings. The number of carbonyl (C=O) groups is 2. The summed E-state index contributed by atoms with van der Waals surface area (Å²) >= 11 is 13.2. The van der Waals surface area contributed by atoms with Crippen LogP contribution in [0.1, 0.15) is 44.0 Å². The van der Waals surface area contributed by atoms with E-state index in [1.807, 2.05) is 49.9 Å². The van der Waals surface area contributed by atoms with Gasteiger partial charge in [0.2, 0.25) is 0 Å². The number of hydrogen-bond acceptors (Lipinski definition) is 4. The Morgan fingerprint density at radius 2 is 1.56 bits per heavy atom. The summed E-state index contributed by atoms with van der Waals surface area (Å²) in [5.74, 6) is -0.134. The van der Waals surface area contributed by atoms with Gasteiger partial charge in [-0.3, -0.25) is 4.79 Å². The highest BCUT2D eigenvalue weighted by Gasteiger charge is 2.43. The zero-order valence-electron chi connectivity index (χ0n) is 20.3. The summed E-state index contributed by atoms with van der Waals surface area (Å²) in [6, 6.07) is 11.7. The number of carbonyl (C=O) groups excluding carboxylic acids is 2. The summed E-state index contributed by atoms with van der Waals surface area (Å²) in [4.78, 5) is 30.6. The minimum atomic E-state index is -0.506. The highest BCUT2D eigenvalue weighted by atomic mass is 35.5. The molecular weight excluding hydrogens is 473 g/mol. The van der Waals surface area contributed by atoms with Gasteiger partial charge >= 0.3 is 6.09 Å². The number of fused-ring (bicyclic) bond motifs is 3. The number of nitrogens with zero attached hydrogens (tertiary/aromatic N) is 3. The van der Waals surface area contributed by atoms with E-state index >= 15 is 0 Å². The van der Waals surface area contributed by atoms with Crippen LogP contribution in [0.15, 0.2) is 36.4 Å². The van der Waals surface area contributed by atoms with Gasteiger partial charge in [0, 0.05) is 33.2 Å².